The minimum atomic E-state index is -1.47. The molecule has 0 aliphatic heterocycles. The Morgan fingerprint density at radius 1 is 0.892 bits per heavy atom. The average Bonchev–Trinajstić information content (AvgIpc) is 2.82. The molecular weight excluding hydrogens is 482 g/mol. The van der Waals surface area contributed by atoms with Crippen molar-refractivity contribution in [2.75, 3.05) is 6.54 Å². The summed E-state index contributed by atoms with van der Waals surface area (Å²) in [5, 5.41) is 36.6. The molecule has 0 aliphatic rings. The molecular formula is C25H41N5O7. The van der Waals surface area contributed by atoms with E-state index >= 15 is 0 Å². The molecule has 12 heteroatoms. The molecule has 10 N–H and O–H groups in total. The summed E-state index contributed by atoms with van der Waals surface area (Å²) in [6.45, 7) is 5.47. The maximum absolute atomic E-state index is 13.0. The number of aliphatic carboxylic acids is 1. The van der Waals surface area contributed by atoms with Gasteiger partial charge in [0.15, 0.2) is 0 Å². The molecule has 0 saturated heterocycles. The normalized spacial score (nSPS) is 15.2. The second-order valence-corrected chi connectivity index (χ2v) is 9.58. The van der Waals surface area contributed by atoms with Crippen LogP contribution in [0.3, 0.4) is 0 Å². The molecule has 12 nitrogen and oxygen atoms in total. The van der Waals surface area contributed by atoms with Gasteiger partial charge in [0.05, 0.1) is 12.1 Å². The van der Waals surface area contributed by atoms with Crippen LogP contribution in [0.5, 0.6) is 5.75 Å². The summed E-state index contributed by atoms with van der Waals surface area (Å²) >= 11 is 0. The number of hydrogen-bond acceptors (Lipinski definition) is 8. The van der Waals surface area contributed by atoms with Crippen molar-refractivity contribution in [1.29, 1.82) is 0 Å². The fourth-order valence-electron chi connectivity index (χ4n) is 3.61. The van der Waals surface area contributed by atoms with Gasteiger partial charge in [0.25, 0.3) is 0 Å². The van der Waals surface area contributed by atoms with Crippen molar-refractivity contribution >= 4 is 23.7 Å². The van der Waals surface area contributed by atoms with Crippen molar-refractivity contribution in [3.05, 3.63) is 29.8 Å². The van der Waals surface area contributed by atoms with E-state index in [4.69, 9.17) is 11.5 Å². The number of phenols is 1. The Balaban J connectivity index is 2.93. The first kappa shape index (κ1) is 31.8. The molecule has 0 spiro atoms. The van der Waals surface area contributed by atoms with Gasteiger partial charge in [-0.25, -0.2) is 4.79 Å². The van der Waals surface area contributed by atoms with Gasteiger partial charge in [-0.2, -0.15) is 0 Å². The molecule has 0 saturated carbocycles. The molecule has 5 atom stereocenters. The highest BCUT2D eigenvalue weighted by molar-refractivity contribution is 5.94. The van der Waals surface area contributed by atoms with Crippen LogP contribution in [-0.2, 0) is 25.6 Å². The van der Waals surface area contributed by atoms with Gasteiger partial charge >= 0.3 is 5.97 Å². The van der Waals surface area contributed by atoms with E-state index in [9.17, 15) is 34.5 Å². The van der Waals surface area contributed by atoms with Crippen molar-refractivity contribution < 1.29 is 34.5 Å². The van der Waals surface area contributed by atoms with Gasteiger partial charge in [0.1, 0.15) is 23.9 Å². The van der Waals surface area contributed by atoms with Gasteiger partial charge in [-0.15, -0.1) is 0 Å². The van der Waals surface area contributed by atoms with Gasteiger partial charge < -0.3 is 42.7 Å². The van der Waals surface area contributed by atoms with Crippen LogP contribution < -0.4 is 27.4 Å². The molecule has 0 bridgehead atoms. The van der Waals surface area contributed by atoms with Crippen LogP contribution >= 0.6 is 0 Å². The Morgan fingerprint density at radius 2 is 1.49 bits per heavy atom. The Bertz CT molecular complexity index is 892. The zero-order valence-corrected chi connectivity index (χ0v) is 21.6. The summed E-state index contributed by atoms with van der Waals surface area (Å²) in [6.07, 6.45) is 0.573. The quantitative estimate of drug-likeness (QED) is 0.129. The molecule has 1 aromatic carbocycles. The van der Waals surface area contributed by atoms with Crippen molar-refractivity contribution in [3.8, 4) is 5.75 Å². The van der Waals surface area contributed by atoms with Gasteiger partial charge in [-0.3, -0.25) is 14.4 Å². The van der Waals surface area contributed by atoms with E-state index in [-0.39, 0.29) is 24.5 Å². The number of carbonyl (C=O) groups is 4. The lowest BCUT2D eigenvalue weighted by Gasteiger charge is -2.27. The van der Waals surface area contributed by atoms with Crippen LogP contribution in [0, 0.1) is 5.92 Å². The van der Waals surface area contributed by atoms with Crippen molar-refractivity contribution in [1.82, 2.24) is 16.0 Å². The summed E-state index contributed by atoms with van der Waals surface area (Å²) in [7, 11) is 0. The van der Waals surface area contributed by atoms with Crippen molar-refractivity contribution in [2.45, 2.75) is 83.1 Å². The molecule has 0 aliphatic carbocycles. The second-order valence-electron chi connectivity index (χ2n) is 9.58. The molecule has 0 fully saturated rings. The van der Waals surface area contributed by atoms with Gasteiger partial charge in [-0.1, -0.05) is 32.4 Å². The number of unbranched alkanes of at least 4 members (excludes halogenated alkanes) is 1. The van der Waals surface area contributed by atoms with Gasteiger partial charge in [0, 0.05) is 6.42 Å². The fraction of sp³-hybridized carbons (Fsp3) is 0.600. The molecule has 0 heterocycles. The predicted molar refractivity (Wildman–Crippen MR) is 137 cm³/mol. The first-order chi connectivity index (χ1) is 17.3. The zero-order valence-electron chi connectivity index (χ0n) is 21.6. The SMILES string of the molecule is CC(C)CC(NC(=O)C(N)CCCCN)C(=O)NC(C(=O)NC(Cc1ccc(O)cc1)C(=O)O)C(C)O. The summed E-state index contributed by atoms with van der Waals surface area (Å²) in [5.74, 6) is -3.42. The fourth-order valence-corrected chi connectivity index (χ4v) is 3.61. The molecule has 5 unspecified atom stereocenters. The zero-order chi connectivity index (χ0) is 28.1. The van der Waals surface area contributed by atoms with Crippen LogP contribution in [0.4, 0.5) is 0 Å². The lowest BCUT2D eigenvalue weighted by Crippen LogP contribution is -2.60. The van der Waals surface area contributed by atoms with Gasteiger partial charge in [-0.05, 0) is 56.3 Å². The molecule has 208 valence electrons. The van der Waals surface area contributed by atoms with Crippen LogP contribution in [0.1, 0.15) is 52.0 Å². The van der Waals surface area contributed by atoms with E-state index in [2.05, 4.69) is 16.0 Å². The predicted octanol–water partition coefficient (Wildman–Crippen LogP) is -0.643. The summed E-state index contributed by atoms with van der Waals surface area (Å²) in [5.41, 5.74) is 11.9. The molecule has 1 aromatic rings. The van der Waals surface area contributed by atoms with E-state index in [0.717, 1.165) is 0 Å². The van der Waals surface area contributed by atoms with E-state index in [1.54, 1.807) is 0 Å². The summed E-state index contributed by atoms with van der Waals surface area (Å²) < 4.78 is 0. The average molecular weight is 524 g/mol. The van der Waals surface area contributed by atoms with Crippen LogP contribution in [-0.4, -0.2) is 75.8 Å². The highest BCUT2D eigenvalue weighted by atomic mass is 16.4. The highest BCUT2D eigenvalue weighted by Crippen LogP contribution is 2.12. The second kappa shape index (κ2) is 15.8. The number of phenolic OH excluding ortho intramolecular Hbond substituents is 1. The maximum Gasteiger partial charge on any atom is 0.326 e. The summed E-state index contributed by atoms with van der Waals surface area (Å²) in [6, 6.07) is 1.14. The third-order valence-corrected chi connectivity index (χ3v) is 5.70. The van der Waals surface area contributed by atoms with Crippen molar-refractivity contribution in [3.63, 3.8) is 0 Å². The Kier molecular flexibility index (Phi) is 13.6. The molecule has 1 rings (SSSR count). The number of carboxylic acid groups (broad SMARTS) is 1. The molecule has 37 heavy (non-hydrogen) atoms. The van der Waals surface area contributed by atoms with E-state index in [0.29, 0.717) is 31.4 Å². The highest BCUT2D eigenvalue weighted by Gasteiger charge is 2.33. The topological polar surface area (TPSA) is 217 Å². The number of nitrogens with two attached hydrogens (primary N) is 2. The lowest BCUT2D eigenvalue weighted by atomic mass is 10.0. The first-order valence-corrected chi connectivity index (χ1v) is 12.4. The number of nitrogens with one attached hydrogen (secondary N) is 3. The van der Waals surface area contributed by atoms with E-state index < -0.39 is 54.0 Å². The number of hydrogen-bond donors (Lipinski definition) is 8. The summed E-state index contributed by atoms with van der Waals surface area (Å²) in [4.78, 5) is 50.2. The molecule has 0 aromatic heterocycles. The number of rotatable bonds is 16. The van der Waals surface area contributed by atoms with Crippen LogP contribution in [0.15, 0.2) is 24.3 Å². The standard InChI is InChI=1S/C25H41N5O7/c1-14(2)12-19(28-22(33)18(27)6-4-5-11-26)23(34)30-21(15(3)31)24(35)29-20(25(36)37)13-16-7-9-17(32)10-8-16/h7-10,14-15,18-21,31-32H,4-6,11-13,26-27H2,1-3H3,(H,28,33)(H,29,35)(H,30,34)(H,36,37). The Morgan fingerprint density at radius 3 is 2.00 bits per heavy atom. The van der Waals surface area contributed by atoms with Crippen LogP contribution in [0.2, 0.25) is 0 Å². The van der Waals surface area contributed by atoms with E-state index in [1.165, 1.54) is 31.2 Å². The lowest BCUT2D eigenvalue weighted by molar-refractivity contribution is -0.143. The maximum atomic E-state index is 13.0. The third kappa shape index (κ3) is 11.6. The first-order valence-electron chi connectivity index (χ1n) is 12.4. The number of aromatic hydroxyl groups is 1. The Labute approximate surface area is 217 Å². The number of aliphatic hydroxyl groups excluding tert-OH is 1. The number of aliphatic hydroxyl groups is 1. The van der Waals surface area contributed by atoms with Gasteiger partial charge in [0.2, 0.25) is 17.7 Å². The number of amides is 3. The minimum Gasteiger partial charge on any atom is -0.508 e. The number of carbonyl (C=O) groups excluding carboxylic acids is 3. The number of carboxylic acids is 1. The Hall–Kier alpha value is -3.22. The van der Waals surface area contributed by atoms with Crippen LogP contribution in [0.25, 0.3) is 0 Å². The largest absolute Gasteiger partial charge is 0.508 e. The number of benzene rings is 1. The minimum absolute atomic E-state index is 0.00467. The molecule has 3 amide bonds. The smallest absolute Gasteiger partial charge is 0.326 e. The third-order valence-electron chi connectivity index (χ3n) is 5.70. The van der Waals surface area contributed by atoms with E-state index in [1.807, 2.05) is 13.8 Å². The van der Waals surface area contributed by atoms with Crippen molar-refractivity contribution in [2.24, 2.45) is 17.4 Å². The molecule has 0 radical (unpaired) electrons. The monoisotopic (exact) mass is 523 g/mol.